The Morgan fingerprint density at radius 3 is 2.75 bits per heavy atom. The quantitative estimate of drug-likeness (QED) is 0.661. The predicted octanol–water partition coefficient (Wildman–Crippen LogP) is 3.88. The standard InChI is InChI=1S/C20H25N3O/c1-4-23-13-11-17-16(8-7-10-19(17)23)14-22(2)20(15-24-3)18-9-5-6-12-21-18/h5-13,20H,4,14-15H2,1-3H3/t20-/m0/s1. The Kier molecular flexibility index (Phi) is 5.28. The lowest BCUT2D eigenvalue weighted by Gasteiger charge is -2.27. The molecule has 0 radical (unpaired) electrons. The summed E-state index contributed by atoms with van der Waals surface area (Å²) in [5.41, 5.74) is 3.67. The Morgan fingerprint density at radius 1 is 1.17 bits per heavy atom. The normalized spacial score (nSPS) is 12.8. The highest BCUT2D eigenvalue weighted by molar-refractivity contribution is 5.83. The molecule has 0 fully saturated rings. The Labute approximate surface area is 143 Å². The number of ether oxygens (including phenoxy) is 1. The molecule has 3 aromatic rings. The van der Waals surface area contributed by atoms with Crippen LogP contribution < -0.4 is 0 Å². The molecule has 1 aromatic carbocycles. The highest BCUT2D eigenvalue weighted by atomic mass is 16.5. The van der Waals surface area contributed by atoms with Gasteiger partial charge in [-0.1, -0.05) is 18.2 Å². The summed E-state index contributed by atoms with van der Waals surface area (Å²) in [6.45, 7) is 4.64. The number of hydrogen-bond acceptors (Lipinski definition) is 3. The van der Waals surface area contributed by atoms with E-state index in [0.29, 0.717) is 6.61 Å². The first kappa shape index (κ1) is 16.7. The molecule has 0 amide bonds. The van der Waals surface area contributed by atoms with Gasteiger partial charge in [0, 0.05) is 43.5 Å². The van der Waals surface area contributed by atoms with Gasteiger partial charge in [0.25, 0.3) is 0 Å². The number of pyridine rings is 1. The van der Waals surface area contributed by atoms with Gasteiger partial charge in [-0.25, -0.2) is 0 Å². The van der Waals surface area contributed by atoms with Crippen molar-refractivity contribution in [3.63, 3.8) is 0 Å². The fourth-order valence-electron chi connectivity index (χ4n) is 3.25. The van der Waals surface area contributed by atoms with Crippen LogP contribution in [0.3, 0.4) is 0 Å². The Balaban J connectivity index is 1.87. The molecule has 2 aromatic heterocycles. The molecule has 126 valence electrons. The van der Waals surface area contributed by atoms with Crippen molar-refractivity contribution in [2.75, 3.05) is 20.8 Å². The third kappa shape index (κ3) is 3.35. The monoisotopic (exact) mass is 323 g/mol. The lowest BCUT2D eigenvalue weighted by molar-refractivity contribution is 0.100. The second kappa shape index (κ2) is 7.60. The maximum absolute atomic E-state index is 5.44. The molecule has 0 saturated heterocycles. The molecule has 0 saturated carbocycles. The van der Waals surface area contributed by atoms with E-state index in [4.69, 9.17) is 4.74 Å². The van der Waals surface area contributed by atoms with Crippen LogP contribution in [0.2, 0.25) is 0 Å². The largest absolute Gasteiger partial charge is 0.383 e. The van der Waals surface area contributed by atoms with Crippen LogP contribution in [0.15, 0.2) is 54.9 Å². The molecule has 3 rings (SSSR count). The fourth-order valence-corrected chi connectivity index (χ4v) is 3.25. The SMILES string of the molecule is CCn1ccc2c(CN(C)[C@@H](COC)c3ccccn3)cccc21. The average Bonchev–Trinajstić information content (AvgIpc) is 3.04. The second-order valence-electron chi connectivity index (χ2n) is 6.09. The van der Waals surface area contributed by atoms with Crippen LogP contribution in [0, 0.1) is 0 Å². The molecule has 24 heavy (non-hydrogen) atoms. The van der Waals surface area contributed by atoms with Gasteiger partial charge in [0.1, 0.15) is 0 Å². The molecule has 0 aliphatic rings. The topological polar surface area (TPSA) is 30.3 Å². The van der Waals surface area contributed by atoms with Crippen LogP contribution in [-0.4, -0.2) is 35.2 Å². The van der Waals surface area contributed by atoms with E-state index in [9.17, 15) is 0 Å². The van der Waals surface area contributed by atoms with Crippen molar-refractivity contribution in [3.05, 3.63) is 66.1 Å². The van der Waals surface area contributed by atoms with E-state index < -0.39 is 0 Å². The molecular formula is C20H25N3O. The first-order valence-corrected chi connectivity index (χ1v) is 8.41. The molecule has 0 aliphatic heterocycles. The van der Waals surface area contributed by atoms with Crippen molar-refractivity contribution in [1.82, 2.24) is 14.5 Å². The molecule has 4 heteroatoms. The smallest absolute Gasteiger partial charge is 0.0757 e. The van der Waals surface area contributed by atoms with Crippen LogP contribution in [-0.2, 0) is 17.8 Å². The molecule has 1 atom stereocenters. The molecule has 0 aliphatic carbocycles. The van der Waals surface area contributed by atoms with E-state index >= 15 is 0 Å². The summed E-state index contributed by atoms with van der Waals surface area (Å²) < 4.78 is 7.72. The summed E-state index contributed by atoms with van der Waals surface area (Å²) in [4.78, 5) is 6.82. The Hall–Kier alpha value is -2.17. The minimum Gasteiger partial charge on any atom is -0.383 e. The summed E-state index contributed by atoms with van der Waals surface area (Å²) in [6.07, 6.45) is 4.01. The number of hydrogen-bond donors (Lipinski definition) is 0. The second-order valence-corrected chi connectivity index (χ2v) is 6.09. The lowest BCUT2D eigenvalue weighted by Crippen LogP contribution is -2.28. The summed E-state index contributed by atoms with van der Waals surface area (Å²) in [6, 6.07) is 14.9. The minimum atomic E-state index is 0.139. The number of rotatable bonds is 7. The van der Waals surface area contributed by atoms with E-state index in [-0.39, 0.29) is 6.04 Å². The molecule has 0 bridgehead atoms. The van der Waals surface area contributed by atoms with E-state index in [0.717, 1.165) is 18.8 Å². The number of aromatic nitrogens is 2. The van der Waals surface area contributed by atoms with Gasteiger partial charge in [-0.3, -0.25) is 9.88 Å². The third-order valence-electron chi connectivity index (χ3n) is 4.55. The number of nitrogens with zero attached hydrogens (tertiary/aromatic N) is 3. The zero-order valence-electron chi connectivity index (χ0n) is 14.6. The number of methoxy groups -OCH3 is 1. The van der Waals surface area contributed by atoms with E-state index in [1.54, 1.807) is 7.11 Å². The zero-order chi connectivity index (χ0) is 16.9. The van der Waals surface area contributed by atoms with Crippen molar-refractivity contribution in [1.29, 1.82) is 0 Å². The first-order chi connectivity index (χ1) is 11.7. The first-order valence-electron chi connectivity index (χ1n) is 8.41. The fraction of sp³-hybridized carbons (Fsp3) is 0.350. The van der Waals surface area contributed by atoms with Gasteiger partial charge in [-0.15, -0.1) is 0 Å². The summed E-state index contributed by atoms with van der Waals surface area (Å²) in [5.74, 6) is 0. The summed E-state index contributed by atoms with van der Waals surface area (Å²) in [5, 5.41) is 1.32. The van der Waals surface area contributed by atoms with Crippen LogP contribution in [0.25, 0.3) is 10.9 Å². The average molecular weight is 323 g/mol. The summed E-state index contributed by atoms with van der Waals surface area (Å²) >= 11 is 0. The molecule has 0 spiro atoms. The number of fused-ring (bicyclic) bond motifs is 1. The van der Waals surface area contributed by atoms with Gasteiger partial charge in [0.05, 0.1) is 18.3 Å². The van der Waals surface area contributed by atoms with Crippen molar-refractivity contribution in [3.8, 4) is 0 Å². The van der Waals surface area contributed by atoms with Crippen LogP contribution in [0.1, 0.15) is 24.2 Å². The molecule has 0 N–H and O–H groups in total. The number of aryl methyl sites for hydroxylation is 1. The molecular weight excluding hydrogens is 298 g/mol. The van der Waals surface area contributed by atoms with Gasteiger partial charge >= 0.3 is 0 Å². The van der Waals surface area contributed by atoms with Crippen LogP contribution in [0.5, 0.6) is 0 Å². The van der Waals surface area contributed by atoms with Gasteiger partial charge < -0.3 is 9.30 Å². The van der Waals surface area contributed by atoms with E-state index in [1.165, 1.54) is 16.5 Å². The Bertz CT molecular complexity index is 782. The molecule has 2 heterocycles. The maximum atomic E-state index is 5.44. The van der Waals surface area contributed by atoms with Crippen LogP contribution in [0.4, 0.5) is 0 Å². The number of benzene rings is 1. The van der Waals surface area contributed by atoms with Crippen molar-refractivity contribution >= 4 is 10.9 Å². The van der Waals surface area contributed by atoms with Gasteiger partial charge in [0.15, 0.2) is 0 Å². The number of likely N-dealkylation sites (N-methyl/N-ethyl adjacent to an activating group) is 1. The summed E-state index contributed by atoms with van der Waals surface area (Å²) in [7, 11) is 3.87. The van der Waals surface area contributed by atoms with Crippen molar-refractivity contribution in [2.24, 2.45) is 0 Å². The van der Waals surface area contributed by atoms with E-state index in [2.05, 4.69) is 65.0 Å². The third-order valence-corrected chi connectivity index (χ3v) is 4.55. The molecule has 0 unspecified atom stereocenters. The zero-order valence-corrected chi connectivity index (χ0v) is 14.6. The molecule has 4 nitrogen and oxygen atoms in total. The lowest BCUT2D eigenvalue weighted by atomic mass is 10.1. The highest BCUT2D eigenvalue weighted by Gasteiger charge is 2.19. The van der Waals surface area contributed by atoms with E-state index in [1.807, 2.05) is 18.3 Å². The predicted molar refractivity (Wildman–Crippen MR) is 97.9 cm³/mol. The van der Waals surface area contributed by atoms with Gasteiger partial charge in [-0.2, -0.15) is 0 Å². The van der Waals surface area contributed by atoms with Gasteiger partial charge in [-0.05, 0) is 43.8 Å². The van der Waals surface area contributed by atoms with Crippen molar-refractivity contribution in [2.45, 2.75) is 26.1 Å². The van der Waals surface area contributed by atoms with Gasteiger partial charge in [0.2, 0.25) is 0 Å². The maximum Gasteiger partial charge on any atom is 0.0757 e. The minimum absolute atomic E-state index is 0.139. The Morgan fingerprint density at radius 2 is 2.04 bits per heavy atom. The highest BCUT2D eigenvalue weighted by Crippen LogP contribution is 2.25. The van der Waals surface area contributed by atoms with Crippen molar-refractivity contribution < 1.29 is 4.74 Å². The van der Waals surface area contributed by atoms with Crippen LogP contribution >= 0.6 is 0 Å².